The van der Waals surface area contributed by atoms with Crippen LogP contribution in [0.4, 0.5) is 4.79 Å². The molecule has 1 fully saturated rings. The summed E-state index contributed by atoms with van der Waals surface area (Å²) < 4.78 is 4.99. The first-order valence-electron chi connectivity index (χ1n) is 9.41. The SMILES string of the molecule is CCOC(=O)N1CCN(C(=O)CCN(Cc2cccc(C)c2)C(C)=O)CC1. The lowest BCUT2D eigenvalue weighted by Gasteiger charge is -2.34. The monoisotopic (exact) mass is 375 g/mol. The summed E-state index contributed by atoms with van der Waals surface area (Å²) in [5.41, 5.74) is 2.20. The number of carbonyl (C=O) groups is 3. The van der Waals surface area contributed by atoms with Crippen LogP contribution in [0.25, 0.3) is 0 Å². The van der Waals surface area contributed by atoms with Gasteiger partial charge in [0, 0.05) is 52.6 Å². The number of rotatable bonds is 6. The van der Waals surface area contributed by atoms with Crippen LogP contribution in [0.1, 0.15) is 31.4 Å². The van der Waals surface area contributed by atoms with Crippen molar-refractivity contribution in [1.82, 2.24) is 14.7 Å². The molecule has 1 aromatic carbocycles. The Morgan fingerprint density at radius 2 is 1.78 bits per heavy atom. The van der Waals surface area contributed by atoms with E-state index in [1.807, 2.05) is 31.2 Å². The average molecular weight is 375 g/mol. The van der Waals surface area contributed by atoms with Gasteiger partial charge in [0.05, 0.1) is 6.61 Å². The van der Waals surface area contributed by atoms with Crippen LogP contribution in [0.15, 0.2) is 24.3 Å². The Hall–Kier alpha value is -2.57. The van der Waals surface area contributed by atoms with Gasteiger partial charge in [0.2, 0.25) is 11.8 Å². The van der Waals surface area contributed by atoms with E-state index in [0.29, 0.717) is 45.9 Å². The van der Waals surface area contributed by atoms with Gasteiger partial charge in [0.25, 0.3) is 0 Å². The molecule has 1 saturated heterocycles. The molecule has 3 amide bonds. The first kappa shape index (κ1) is 20.7. The number of piperazine rings is 1. The lowest BCUT2D eigenvalue weighted by atomic mass is 10.1. The van der Waals surface area contributed by atoms with Crippen LogP contribution in [0.3, 0.4) is 0 Å². The van der Waals surface area contributed by atoms with E-state index >= 15 is 0 Å². The Bertz CT molecular complexity index is 669. The molecule has 1 aliphatic rings. The number of aryl methyl sites for hydroxylation is 1. The predicted octanol–water partition coefficient (Wildman–Crippen LogP) is 2.03. The van der Waals surface area contributed by atoms with E-state index in [1.165, 1.54) is 6.92 Å². The lowest BCUT2D eigenvalue weighted by molar-refractivity contribution is -0.135. The van der Waals surface area contributed by atoms with Crippen LogP contribution in [0.2, 0.25) is 0 Å². The zero-order chi connectivity index (χ0) is 19.8. The van der Waals surface area contributed by atoms with Crippen LogP contribution in [-0.4, -0.2) is 71.9 Å². The fourth-order valence-electron chi connectivity index (χ4n) is 3.12. The molecule has 0 N–H and O–H groups in total. The standard InChI is InChI=1S/C20H29N3O4/c1-4-27-20(26)22-12-10-21(11-13-22)19(25)8-9-23(17(3)24)15-18-7-5-6-16(2)14-18/h5-7,14H,4,8-13,15H2,1-3H3. The number of hydrogen-bond donors (Lipinski definition) is 0. The van der Waals surface area contributed by atoms with Gasteiger partial charge in [-0.2, -0.15) is 0 Å². The molecule has 0 bridgehead atoms. The van der Waals surface area contributed by atoms with Crippen LogP contribution < -0.4 is 0 Å². The molecule has 0 aliphatic carbocycles. The van der Waals surface area contributed by atoms with Crippen molar-refractivity contribution >= 4 is 17.9 Å². The van der Waals surface area contributed by atoms with E-state index in [9.17, 15) is 14.4 Å². The van der Waals surface area contributed by atoms with Gasteiger partial charge in [0.15, 0.2) is 0 Å². The van der Waals surface area contributed by atoms with Crippen molar-refractivity contribution in [3.05, 3.63) is 35.4 Å². The molecule has 0 atom stereocenters. The van der Waals surface area contributed by atoms with Gasteiger partial charge in [-0.05, 0) is 19.4 Å². The number of ether oxygens (including phenoxy) is 1. The third-order valence-electron chi connectivity index (χ3n) is 4.66. The lowest BCUT2D eigenvalue weighted by Crippen LogP contribution is -2.51. The highest BCUT2D eigenvalue weighted by atomic mass is 16.6. The highest BCUT2D eigenvalue weighted by Gasteiger charge is 2.25. The van der Waals surface area contributed by atoms with Crippen molar-refractivity contribution < 1.29 is 19.1 Å². The van der Waals surface area contributed by atoms with Crippen LogP contribution >= 0.6 is 0 Å². The van der Waals surface area contributed by atoms with Crippen molar-refractivity contribution in [2.75, 3.05) is 39.3 Å². The van der Waals surface area contributed by atoms with E-state index in [1.54, 1.807) is 21.6 Å². The quantitative estimate of drug-likeness (QED) is 0.763. The van der Waals surface area contributed by atoms with Crippen LogP contribution in [-0.2, 0) is 20.9 Å². The minimum Gasteiger partial charge on any atom is -0.450 e. The molecule has 0 unspecified atom stereocenters. The number of amides is 3. The smallest absolute Gasteiger partial charge is 0.409 e. The van der Waals surface area contributed by atoms with Gasteiger partial charge < -0.3 is 19.4 Å². The fraction of sp³-hybridized carbons (Fsp3) is 0.550. The molecular weight excluding hydrogens is 346 g/mol. The van der Waals surface area contributed by atoms with E-state index in [2.05, 4.69) is 0 Å². The molecule has 2 rings (SSSR count). The molecule has 1 heterocycles. The maximum Gasteiger partial charge on any atom is 0.409 e. The van der Waals surface area contributed by atoms with Gasteiger partial charge >= 0.3 is 6.09 Å². The summed E-state index contributed by atoms with van der Waals surface area (Å²) in [6, 6.07) is 8.02. The van der Waals surface area contributed by atoms with Gasteiger partial charge in [-0.3, -0.25) is 9.59 Å². The second kappa shape index (κ2) is 9.94. The van der Waals surface area contributed by atoms with Crippen molar-refractivity contribution in [3.8, 4) is 0 Å². The summed E-state index contributed by atoms with van der Waals surface area (Å²) in [7, 11) is 0. The summed E-state index contributed by atoms with van der Waals surface area (Å²) in [6.45, 7) is 8.50. The molecule has 27 heavy (non-hydrogen) atoms. The number of carbonyl (C=O) groups excluding carboxylic acids is 3. The molecule has 0 radical (unpaired) electrons. The molecule has 0 spiro atoms. The summed E-state index contributed by atoms with van der Waals surface area (Å²) in [6.07, 6.45) is -0.0457. The summed E-state index contributed by atoms with van der Waals surface area (Å²) in [5.74, 6) is -0.0366. The normalized spacial score (nSPS) is 14.0. The minimum absolute atomic E-state index is 0.00833. The van der Waals surface area contributed by atoms with E-state index in [0.717, 1.165) is 11.1 Å². The maximum absolute atomic E-state index is 12.5. The van der Waals surface area contributed by atoms with Crippen molar-refractivity contribution in [2.24, 2.45) is 0 Å². The molecule has 1 aromatic rings. The van der Waals surface area contributed by atoms with E-state index in [4.69, 9.17) is 4.74 Å². The summed E-state index contributed by atoms with van der Waals surface area (Å²) in [5, 5.41) is 0. The van der Waals surface area contributed by atoms with Crippen molar-refractivity contribution in [3.63, 3.8) is 0 Å². The van der Waals surface area contributed by atoms with Crippen molar-refractivity contribution in [1.29, 1.82) is 0 Å². The van der Waals surface area contributed by atoms with Gasteiger partial charge in [-0.15, -0.1) is 0 Å². The van der Waals surface area contributed by atoms with Crippen LogP contribution in [0, 0.1) is 6.92 Å². The Kier molecular flexibility index (Phi) is 7.64. The largest absolute Gasteiger partial charge is 0.450 e. The molecule has 0 saturated carbocycles. The molecule has 7 nitrogen and oxygen atoms in total. The highest BCUT2D eigenvalue weighted by molar-refractivity contribution is 5.78. The third kappa shape index (κ3) is 6.27. The first-order chi connectivity index (χ1) is 12.9. The molecule has 0 aromatic heterocycles. The molecule has 1 aliphatic heterocycles. The molecule has 7 heteroatoms. The number of hydrogen-bond acceptors (Lipinski definition) is 4. The number of benzene rings is 1. The Morgan fingerprint density at radius 3 is 2.37 bits per heavy atom. The Labute approximate surface area is 160 Å². The maximum atomic E-state index is 12.5. The summed E-state index contributed by atoms with van der Waals surface area (Å²) in [4.78, 5) is 41.2. The predicted molar refractivity (Wildman–Crippen MR) is 102 cm³/mol. The van der Waals surface area contributed by atoms with E-state index in [-0.39, 0.29) is 24.3 Å². The van der Waals surface area contributed by atoms with E-state index < -0.39 is 0 Å². The molecular formula is C20H29N3O4. The van der Waals surface area contributed by atoms with Crippen LogP contribution in [0.5, 0.6) is 0 Å². The van der Waals surface area contributed by atoms with Gasteiger partial charge in [-0.25, -0.2) is 4.79 Å². The molecule has 148 valence electrons. The first-order valence-corrected chi connectivity index (χ1v) is 9.41. The van der Waals surface area contributed by atoms with Gasteiger partial charge in [0.1, 0.15) is 0 Å². The topological polar surface area (TPSA) is 70.2 Å². The van der Waals surface area contributed by atoms with Crippen molar-refractivity contribution in [2.45, 2.75) is 33.7 Å². The average Bonchev–Trinajstić information content (AvgIpc) is 2.65. The second-order valence-electron chi connectivity index (χ2n) is 6.75. The minimum atomic E-state index is -0.328. The van der Waals surface area contributed by atoms with Gasteiger partial charge in [-0.1, -0.05) is 29.8 Å². The number of nitrogens with zero attached hydrogens (tertiary/aromatic N) is 3. The Balaban J connectivity index is 1.82. The highest BCUT2D eigenvalue weighted by Crippen LogP contribution is 2.10. The Morgan fingerprint density at radius 1 is 1.11 bits per heavy atom. The zero-order valence-electron chi connectivity index (χ0n) is 16.4. The third-order valence-corrected chi connectivity index (χ3v) is 4.66. The zero-order valence-corrected chi connectivity index (χ0v) is 16.4. The summed E-state index contributed by atoms with van der Waals surface area (Å²) >= 11 is 0. The fourth-order valence-corrected chi connectivity index (χ4v) is 3.12. The second-order valence-corrected chi connectivity index (χ2v) is 6.75.